The van der Waals surface area contributed by atoms with E-state index in [1.54, 1.807) is 35.6 Å². The Bertz CT molecular complexity index is 590. The molecule has 1 N–H and O–H groups in total. The number of amides is 1. The number of esters is 1. The van der Waals surface area contributed by atoms with Crippen molar-refractivity contribution in [2.75, 3.05) is 6.54 Å². The Morgan fingerprint density at radius 1 is 1.43 bits per heavy atom. The molecule has 122 valence electrons. The maximum Gasteiger partial charge on any atom is 0.321 e. The molecule has 1 fully saturated rings. The molecule has 1 saturated heterocycles. The number of hydrogen-bond donors (Lipinski definition) is 1. The van der Waals surface area contributed by atoms with Crippen LogP contribution in [0.1, 0.15) is 31.5 Å². The summed E-state index contributed by atoms with van der Waals surface area (Å²) in [5.74, 6) is -0.375. The highest BCUT2D eigenvalue weighted by atomic mass is 16.5. The van der Waals surface area contributed by atoms with Crippen LogP contribution in [-0.2, 0) is 14.3 Å². The van der Waals surface area contributed by atoms with Crippen molar-refractivity contribution in [3.05, 3.63) is 49.4 Å². The van der Waals surface area contributed by atoms with Gasteiger partial charge in [-0.15, -0.1) is 6.58 Å². The quantitative estimate of drug-likeness (QED) is 0.497. The molecule has 0 saturated carbocycles. The predicted molar refractivity (Wildman–Crippen MR) is 86.7 cm³/mol. The first-order chi connectivity index (χ1) is 11.2. The summed E-state index contributed by atoms with van der Waals surface area (Å²) >= 11 is 0. The number of carbonyl (C=O) groups is 2. The molecule has 1 aliphatic rings. The summed E-state index contributed by atoms with van der Waals surface area (Å²) in [5.41, 5.74) is 0. The van der Waals surface area contributed by atoms with Crippen LogP contribution in [0.3, 0.4) is 0 Å². The average molecular weight is 315 g/mol. The summed E-state index contributed by atoms with van der Waals surface area (Å²) in [7, 11) is 0. The largest absolute Gasteiger partial charge is 0.434 e. The summed E-state index contributed by atoms with van der Waals surface area (Å²) in [6.07, 6.45) is 14.4. The Kier molecular flexibility index (Phi) is 6.35. The van der Waals surface area contributed by atoms with E-state index in [9.17, 15) is 9.59 Å². The van der Waals surface area contributed by atoms with Crippen molar-refractivity contribution in [3.8, 4) is 0 Å². The van der Waals surface area contributed by atoms with Crippen LogP contribution in [0.25, 0.3) is 6.08 Å². The van der Waals surface area contributed by atoms with Gasteiger partial charge in [-0.1, -0.05) is 18.6 Å². The third kappa shape index (κ3) is 5.25. The predicted octanol–water partition coefficient (Wildman–Crippen LogP) is 2.64. The fourth-order valence-electron chi connectivity index (χ4n) is 2.22. The SMILES string of the molecule is C=CC(C=CN1CCCCCC1=O)C(=O)OC=Cc1ncc[nH]1. The van der Waals surface area contributed by atoms with Crippen LogP contribution in [0.15, 0.2) is 43.6 Å². The molecule has 1 unspecified atom stereocenters. The molecule has 0 spiro atoms. The number of aromatic amines is 1. The van der Waals surface area contributed by atoms with Crippen LogP contribution in [0.2, 0.25) is 0 Å². The maximum absolute atomic E-state index is 12.0. The van der Waals surface area contributed by atoms with Gasteiger partial charge < -0.3 is 14.6 Å². The molecule has 1 atom stereocenters. The van der Waals surface area contributed by atoms with Gasteiger partial charge in [-0.2, -0.15) is 0 Å². The number of nitrogens with zero attached hydrogens (tertiary/aromatic N) is 2. The van der Waals surface area contributed by atoms with Crippen molar-refractivity contribution < 1.29 is 14.3 Å². The molecule has 1 aromatic rings. The van der Waals surface area contributed by atoms with Crippen molar-refractivity contribution in [3.63, 3.8) is 0 Å². The van der Waals surface area contributed by atoms with E-state index in [-0.39, 0.29) is 5.91 Å². The van der Waals surface area contributed by atoms with Gasteiger partial charge in [0.05, 0.1) is 12.2 Å². The topological polar surface area (TPSA) is 75.3 Å². The number of carbonyl (C=O) groups excluding carboxylic acids is 2. The Morgan fingerprint density at radius 3 is 3.04 bits per heavy atom. The fraction of sp³-hybridized carbons (Fsp3) is 0.353. The van der Waals surface area contributed by atoms with E-state index in [1.165, 1.54) is 12.3 Å². The number of aromatic nitrogens is 2. The van der Waals surface area contributed by atoms with Gasteiger partial charge in [-0.25, -0.2) is 4.98 Å². The Balaban J connectivity index is 1.90. The zero-order chi connectivity index (χ0) is 16.5. The molecule has 0 aromatic carbocycles. The molecule has 0 aliphatic carbocycles. The minimum Gasteiger partial charge on any atom is -0.434 e. The van der Waals surface area contributed by atoms with Gasteiger partial charge in [-0.3, -0.25) is 9.59 Å². The molecule has 0 radical (unpaired) electrons. The number of hydrogen-bond acceptors (Lipinski definition) is 4. The van der Waals surface area contributed by atoms with Crippen LogP contribution >= 0.6 is 0 Å². The second kappa shape index (κ2) is 8.73. The molecule has 2 rings (SSSR count). The zero-order valence-corrected chi connectivity index (χ0v) is 13.0. The van der Waals surface area contributed by atoms with E-state index in [0.29, 0.717) is 18.8 Å². The number of imidazole rings is 1. The third-order valence-corrected chi connectivity index (χ3v) is 3.54. The van der Waals surface area contributed by atoms with Crippen molar-refractivity contribution in [1.29, 1.82) is 0 Å². The highest BCUT2D eigenvalue weighted by molar-refractivity contribution is 5.79. The Morgan fingerprint density at radius 2 is 2.30 bits per heavy atom. The maximum atomic E-state index is 12.0. The van der Waals surface area contributed by atoms with Gasteiger partial charge in [-0.05, 0) is 12.8 Å². The molecule has 1 aromatic heterocycles. The van der Waals surface area contributed by atoms with Crippen LogP contribution < -0.4 is 0 Å². The highest BCUT2D eigenvalue weighted by Crippen LogP contribution is 2.13. The lowest BCUT2D eigenvalue weighted by atomic mass is 10.1. The van der Waals surface area contributed by atoms with Crippen molar-refractivity contribution >= 4 is 18.0 Å². The number of ether oxygens (including phenoxy) is 1. The lowest BCUT2D eigenvalue weighted by Crippen LogP contribution is -2.25. The molecule has 0 bridgehead atoms. The standard InChI is InChI=1S/C17H21N3O3/c1-2-14(7-12-20-11-5-3-4-6-16(20)21)17(22)23-13-8-15-18-9-10-19-15/h2,7-10,12-14H,1,3-6,11H2,(H,18,19). The summed E-state index contributed by atoms with van der Waals surface area (Å²) in [5, 5.41) is 0. The summed E-state index contributed by atoms with van der Waals surface area (Å²) < 4.78 is 5.05. The second-order valence-corrected chi connectivity index (χ2v) is 5.21. The number of rotatable bonds is 6. The van der Waals surface area contributed by atoms with Crippen LogP contribution in [-0.4, -0.2) is 33.3 Å². The van der Waals surface area contributed by atoms with Crippen molar-refractivity contribution in [2.24, 2.45) is 5.92 Å². The van der Waals surface area contributed by atoms with Gasteiger partial charge in [0, 0.05) is 37.6 Å². The monoisotopic (exact) mass is 315 g/mol. The Labute approximate surface area is 135 Å². The first kappa shape index (κ1) is 16.7. The summed E-state index contributed by atoms with van der Waals surface area (Å²) in [6.45, 7) is 4.33. The van der Waals surface area contributed by atoms with Gasteiger partial charge in [0.1, 0.15) is 5.82 Å². The van der Waals surface area contributed by atoms with Crippen molar-refractivity contribution in [1.82, 2.24) is 14.9 Å². The number of likely N-dealkylation sites (tertiary alicyclic amines) is 1. The van der Waals surface area contributed by atoms with Crippen LogP contribution in [0.5, 0.6) is 0 Å². The zero-order valence-electron chi connectivity index (χ0n) is 13.0. The summed E-state index contributed by atoms with van der Waals surface area (Å²) in [4.78, 5) is 32.4. The van der Waals surface area contributed by atoms with E-state index in [2.05, 4.69) is 16.5 Å². The first-order valence-corrected chi connectivity index (χ1v) is 7.67. The van der Waals surface area contributed by atoms with E-state index >= 15 is 0 Å². The molecule has 1 aliphatic heterocycles. The third-order valence-electron chi connectivity index (χ3n) is 3.54. The van der Waals surface area contributed by atoms with Gasteiger partial charge in [0.25, 0.3) is 0 Å². The second-order valence-electron chi connectivity index (χ2n) is 5.21. The average Bonchev–Trinajstić information content (AvgIpc) is 2.98. The summed E-state index contributed by atoms with van der Waals surface area (Å²) in [6, 6.07) is 0. The molecule has 6 nitrogen and oxygen atoms in total. The highest BCUT2D eigenvalue weighted by Gasteiger charge is 2.16. The Hall–Kier alpha value is -2.63. The minimum absolute atomic E-state index is 0.0904. The number of H-pyrrole nitrogens is 1. The van der Waals surface area contributed by atoms with E-state index in [4.69, 9.17) is 4.74 Å². The smallest absolute Gasteiger partial charge is 0.321 e. The molecule has 2 heterocycles. The number of nitrogens with one attached hydrogen (secondary N) is 1. The lowest BCUT2D eigenvalue weighted by Gasteiger charge is -2.15. The van der Waals surface area contributed by atoms with Crippen LogP contribution in [0.4, 0.5) is 0 Å². The van der Waals surface area contributed by atoms with Crippen molar-refractivity contribution in [2.45, 2.75) is 25.7 Å². The molecular weight excluding hydrogens is 294 g/mol. The van der Waals surface area contributed by atoms with Gasteiger partial charge in [0.15, 0.2) is 0 Å². The van der Waals surface area contributed by atoms with Gasteiger partial charge >= 0.3 is 5.97 Å². The van der Waals surface area contributed by atoms with Crippen LogP contribution in [0, 0.1) is 5.92 Å². The molecule has 23 heavy (non-hydrogen) atoms. The van der Waals surface area contributed by atoms with Gasteiger partial charge in [0.2, 0.25) is 5.91 Å². The molecule has 6 heteroatoms. The fourth-order valence-corrected chi connectivity index (χ4v) is 2.22. The normalized spacial score (nSPS) is 17.4. The molecule has 1 amide bonds. The lowest BCUT2D eigenvalue weighted by molar-refractivity contribution is -0.139. The minimum atomic E-state index is -0.604. The van der Waals surface area contributed by atoms with E-state index in [0.717, 1.165) is 19.3 Å². The van der Waals surface area contributed by atoms with E-state index in [1.807, 2.05) is 0 Å². The first-order valence-electron chi connectivity index (χ1n) is 7.67. The molecular formula is C17H21N3O3. The van der Waals surface area contributed by atoms with E-state index < -0.39 is 11.9 Å².